The summed E-state index contributed by atoms with van der Waals surface area (Å²) in [6.45, 7) is 1.21. The lowest BCUT2D eigenvalue weighted by Gasteiger charge is -2.20. The maximum absolute atomic E-state index is 12.5. The number of hydrogen-bond donors (Lipinski definition) is 2. The van der Waals surface area contributed by atoms with E-state index in [0.29, 0.717) is 17.1 Å². The lowest BCUT2D eigenvalue weighted by molar-refractivity contribution is -0.138. The van der Waals surface area contributed by atoms with E-state index in [1.54, 1.807) is 48.5 Å². The summed E-state index contributed by atoms with van der Waals surface area (Å²) < 4.78 is 15.8. The molecule has 2 aromatic carbocycles. The number of nitrogens with zero attached hydrogens (tertiary/aromatic N) is 2. The molecule has 0 aliphatic rings. The molecule has 0 unspecified atom stereocenters. The Kier molecular flexibility index (Phi) is 8.56. The molecule has 0 atom stereocenters. The van der Waals surface area contributed by atoms with Crippen molar-refractivity contribution < 1.29 is 28.9 Å². The number of nitrogens with one attached hydrogen (secondary N) is 1. The van der Waals surface area contributed by atoms with E-state index in [9.17, 15) is 15.0 Å². The van der Waals surface area contributed by atoms with Gasteiger partial charge in [-0.1, -0.05) is 12.1 Å². The molecule has 0 radical (unpaired) electrons. The topological polar surface area (TPSA) is 131 Å². The number of methoxy groups -OCH3 is 1. The summed E-state index contributed by atoms with van der Waals surface area (Å²) >= 11 is 0. The minimum absolute atomic E-state index is 0.0309. The molecule has 2 aromatic rings. The van der Waals surface area contributed by atoms with Crippen LogP contribution in [0.25, 0.3) is 5.41 Å². The molecule has 0 heterocycles. The molecular weight excluding hydrogens is 402 g/mol. The predicted octanol–water partition coefficient (Wildman–Crippen LogP) is 3.60. The first-order valence-corrected chi connectivity index (χ1v) is 9.43. The molecule has 0 bridgehead atoms. The van der Waals surface area contributed by atoms with Crippen LogP contribution in [0.2, 0.25) is 0 Å². The van der Waals surface area contributed by atoms with Crippen molar-refractivity contribution in [3.63, 3.8) is 0 Å². The van der Waals surface area contributed by atoms with Crippen LogP contribution in [-0.4, -0.2) is 53.8 Å². The molecule has 0 saturated carbocycles. The van der Waals surface area contributed by atoms with Gasteiger partial charge in [-0.05, 0) is 55.3 Å². The number of carbonyl (C=O) groups excluding carboxylic acids is 1. The van der Waals surface area contributed by atoms with Crippen molar-refractivity contribution in [3.8, 4) is 17.2 Å². The van der Waals surface area contributed by atoms with Gasteiger partial charge < -0.3 is 30.1 Å². The van der Waals surface area contributed by atoms with Gasteiger partial charge in [-0.2, -0.15) is 5.71 Å². The molecule has 9 nitrogen and oxygen atoms in total. The Morgan fingerprint density at radius 2 is 1.61 bits per heavy atom. The minimum Gasteiger partial charge on any atom is -0.806 e. The van der Waals surface area contributed by atoms with Crippen LogP contribution in [-0.2, 0) is 11.3 Å². The van der Waals surface area contributed by atoms with E-state index in [1.165, 1.54) is 14.0 Å². The zero-order valence-corrected chi connectivity index (χ0v) is 17.3. The quantitative estimate of drug-likeness (QED) is 0.528. The van der Waals surface area contributed by atoms with Crippen LogP contribution < -0.4 is 14.2 Å². The summed E-state index contributed by atoms with van der Waals surface area (Å²) in [5, 5.41) is 26.0. The summed E-state index contributed by atoms with van der Waals surface area (Å²) in [5.41, 5.74) is 0.750. The zero-order chi connectivity index (χ0) is 22.8. The maximum Gasteiger partial charge on any atom is 0.416 e. The number of amides is 1. The number of hydrogen-bond acceptors (Lipinski definition) is 6. The molecular formula is C22H24N3O6-. The van der Waals surface area contributed by atoms with Crippen molar-refractivity contribution in [2.24, 2.45) is 0 Å². The van der Waals surface area contributed by atoms with E-state index in [2.05, 4.69) is 0 Å². The van der Waals surface area contributed by atoms with Gasteiger partial charge >= 0.3 is 12.1 Å². The average Bonchev–Trinajstić information content (AvgIpc) is 2.74. The van der Waals surface area contributed by atoms with Gasteiger partial charge in [0.1, 0.15) is 23.8 Å². The van der Waals surface area contributed by atoms with Gasteiger partial charge in [0.25, 0.3) is 0 Å². The van der Waals surface area contributed by atoms with Crippen molar-refractivity contribution in [1.82, 2.24) is 4.90 Å². The fourth-order valence-corrected chi connectivity index (χ4v) is 2.52. The Bertz CT molecular complexity index is 925. The fourth-order valence-electron chi connectivity index (χ4n) is 2.52. The van der Waals surface area contributed by atoms with Crippen molar-refractivity contribution in [3.05, 3.63) is 59.5 Å². The Hall–Kier alpha value is -3.88. The third-order valence-corrected chi connectivity index (χ3v) is 4.19. The molecule has 1 amide bonds. The predicted molar refractivity (Wildman–Crippen MR) is 115 cm³/mol. The fraction of sp³-hybridized carbons (Fsp3) is 0.273. The first-order valence-electron chi connectivity index (χ1n) is 9.43. The number of aliphatic carboxylic acids is 1. The van der Waals surface area contributed by atoms with Crippen LogP contribution in [0, 0.1) is 5.41 Å². The molecule has 2 rings (SSSR count). The molecule has 0 fully saturated rings. The molecule has 0 aliphatic heterocycles. The van der Waals surface area contributed by atoms with Gasteiger partial charge in [0, 0.05) is 12.3 Å². The highest BCUT2D eigenvalue weighted by Crippen LogP contribution is 2.19. The summed E-state index contributed by atoms with van der Waals surface area (Å²) in [6.07, 6.45) is -0.568. The summed E-state index contributed by atoms with van der Waals surface area (Å²) in [7, 11) is 1.52. The minimum atomic E-state index is -1.16. The summed E-state index contributed by atoms with van der Waals surface area (Å²) in [5.74, 6) is 0.254. The van der Waals surface area contributed by atoms with Crippen LogP contribution in [0.15, 0.2) is 48.5 Å². The van der Waals surface area contributed by atoms with Crippen molar-refractivity contribution >= 4 is 23.5 Å². The van der Waals surface area contributed by atoms with Gasteiger partial charge in [-0.25, -0.2) is 4.79 Å². The SMILES string of the molecule is COc1ccc(OC(=O)N(CC(=O)O)Cc2ccc(OCCC(=[N-])C(C)=N)cc2)cc1. The summed E-state index contributed by atoms with van der Waals surface area (Å²) in [4.78, 5) is 24.7. The molecule has 2 N–H and O–H groups in total. The van der Waals surface area contributed by atoms with E-state index < -0.39 is 18.6 Å². The smallest absolute Gasteiger partial charge is 0.416 e. The van der Waals surface area contributed by atoms with E-state index in [4.69, 9.17) is 24.7 Å². The van der Waals surface area contributed by atoms with Crippen LogP contribution in [0.3, 0.4) is 0 Å². The molecule has 0 aromatic heterocycles. The van der Waals surface area contributed by atoms with Crippen LogP contribution in [0.1, 0.15) is 18.9 Å². The number of carboxylic acid groups (broad SMARTS) is 1. The van der Waals surface area contributed by atoms with Crippen molar-refractivity contribution in [2.75, 3.05) is 20.3 Å². The van der Waals surface area contributed by atoms with Crippen molar-refractivity contribution in [1.29, 1.82) is 5.41 Å². The van der Waals surface area contributed by atoms with E-state index in [1.807, 2.05) is 0 Å². The standard InChI is InChI=1S/C22H24N3O6/c1-15(23)20(24)11-12-30-18-5-3-16(4-6-18)13-25(14-21(26)27)22(28)31-19-9-7-17(29-2)8-10-19/h3-10,23H,11-14H2,1-2H3,(H,26,27)/q-1. The van der Waals surface area contributed by atoms with Crippen LogP contribution in [0.4, 0.5) is 4.79 Å². The Morgan fingerprint density at radius 3 is 2.16 bits per heavy atom. The number of carbonyl (C=O) groups is 2. The number of carboxylic acids is 1. The third-order valence-electron chi connectivity index (χ3n) is 4.19. The second-order valence-electron chi connectivity index (χ2n) is 6.61. The monoisotopic (exact) mass is 426 g/mol. The first kappa shape index (κ1) is 23.4. The van der Waals surface area contributed by atoms with Gasteiger partial charge in [-0.15, -0.1) is 0 Å². The number of ether oxygens (including phenoxy) is 3. The lowest BCUT2D eigenvalue weighted by Crippen LogP contribution is -2.37. The van der Waals surface area contributed by atoms with Crippen LogP contribution >= 0.6 is 0 Å². The number of benzene rings is 2. The molecule has 164 valence electrons. The van der Waals surface area contributed by atoms with Crippen molar-refractivity contribution in [2.45, 2.75) is 19.9 Å². The Balaban J connectivity index is 1.97. The second-order valence-corrected chi connectivity index (χ2v) is 6.61. The van der Waals surface area contributed by atoms with E-state index in [0.717, 1.165) is 4.90 Å². The van der Waals surface area contributed by atoms with Gasteiger partial charge in [0.05, 0.1) is 13.7 Å². The maximum atomic E-state index is 12.5. The Labute approximate surface area is 180 Å². The average molecular weight is 426 g/mol. The highest BCUT2D eigenvalue weighted by Gasteiger charge is 2.19. The van der Waals surface area contributed by atoms with Gasteiger partial charge in [0.15, 0.2) is 0 Å². The van der Waals surface area contributed by atoms with E-state index >= 15 is 0 Å². The molecule has 0 aliphatic carbocycles. The largest absolute Gasteiger partial charge is 0.806 e. The highest BCUT2D eigenvalue weighted by molar-refractivity contribution is 6.41. The Morgan fingerprint density at radius 1 is 1.03 bits per heavy atom. The zero-order valence-electron chi connectivity index (χ0n) is 17.3. The molecule has 0 spiro atoms. The van der Waals surface area contributed by atoms with Gasteiger partial charge in [-0.3, -0.25) is 9.69 Å². The first-order chi connectivity index (χ1) is 14.8. The normalized spacial score (nSPS) is 10.1. The molecule has 9 heteroatoms. The molecule has 0 saturated heterocycles. The van der Waals surface area contributed by atoms with E-state index in [-0.39, 0.29) is 36.7 Å². The van der Waals surface area contributed by atoms with Crippen LogP contribution in [0.5, 0.6) is 17.2 Å². The number of rotatable bonds is 11. The van der Waals surface area contributed by atoms with Gasteiger partial charge in [0.2, 0.25) is 0 Å². The lowest BCUT2D eigenvalue weighted by atomic mass is 10.2. The second kappa shape index (κ2) is 11.3. The third kappa shape index (κ3) is 7.81. The highest BCUT2D eigenvalue weighted by atomic mass is 16.6. The molecule has 31 heavy (non-hydrogen) atoms. The summed E-state index contributed by atoms with van der Waals surface area (Å²) in [6, 6.07) is 13.1.